The van der Waals surface area contributed by atoms with Gasteiger partial charge in [-0.3, -0.25) is 0 Å². The molecule has 1 aromatic heterocycles. The van der Waals surface area contributed by atoms with E-state index < -0.39 is 5.97 Å². The lowest BCUT2D eigenvalue weighted by atomic mass is 10.1. The largest absolute Gasteiger partial charge is 0.491 e. The fourth-order valence-electron chi connectivity index (χ4n) is 1.83. The zero-order valence-electron chi connectivity index (χ0n) is 11.7. The van der Waals surface area contributed by atoms with Gasteiger partial charge in [0.05, 0.1) is 29.9 Å². The number of thiazole rings is 1. The van der Waals surface area contributed by atoms with E-state index in [0.29, 0.717) is 24.5 Å². The third-order valence-corrected chi connectivity index (χ3v) is 4.17. The molecule has 0 aliphatic carbocycles. The number of esters is 1. The first-order valence-electron chi connectivity index (χ1n) is 6.22. The number of benzene rings is 1. The molecule has 0 saturated heterocycles. The number of anilines is 1. The molecular weight excluding hydrogens is 312 g/mol. The van der Waals surface area contributed by atoms with Crippen molar-refractivity contribution in [3.8, 4) is 5.75 Å². The third kappa shape index (κ3) is 3.65. The summed E-state index contributed by atoms with van der Waals surface area (Å²) in [5.41, 5.74) is 9.08. The van der Waals surface area contributed by atoms with Gasteiger partial charge in [0, 0.05) is 17.0 Å². The van der Waals surface area contributed by atoms with Crippen molar-refractivity contribution in [1.82, 2.24) is 4.98 Å². The van der Waals surface area contributed by atoms with Crippen molar-refractivity contribution < 1.29 is 14.3 Å². The maximum absolute atomic E-state index is 11.8. The van der Waals surface area contributed by atoms with Gasteiger partial charge >= 0.3 is 5.97 Å². The number of halogens is 1. The molecule has 0 fully saturated rings. The van der Waals surface area contributed by atoms with Gasteiger partial charge in [-0.2, -0.15) is 0 Å². The fourth-order valence-corrected chi connectivity index (χ4v) is 2.88. The molecule has 5 nitrogen and oxygen atoms in total. The molecular formula is C14H15ClN2O3S. The lowest BCUT2D eigenvalue weighted by Gasteiger charge is -2.12. The van der Waals surface area contributed by atoms with Crippen molar-refractivity contribution in [3.63, 3.8) is 0 Å². The molecule has 0 aliphatic heterocycles. The molecule has 21 heavy (non-hydrogen) atoms. The van der Waals surface area contributed by atoms with Crippen LogP contribution in [0.25, 0.3) is 0 Å². The molecule has 2 N–H and O–H groups in total. The summed E-state index contributed by atoms with van der Waals surface area (Å²) in [5.74, 6) is -0.243. The second kappa shape index (κ2) is 6.78. The average molecular weight is 327 g/mol. The number of nitrogens with two attached hydrogens (primary N) is 1. The Morgan fingerprint density at radius 2 is 2.24 bits per heavy atom. The van der Waals surface area contributed by atoms with Gasteiger partial charge in [0.15, 0.2) is 5.75 Å². The van der Waals surface area contributed by atoms with Crippen molar-refractivity contribution in [1.29, 1.82) is 0 Å². The van der Waals surface area contributed by atoms with Crippen LogP contribution in [0, 0.1) is 6.92 Å². The van der Waals surface area contributed by atoms with Crippen LogP contribution < -0.4 is 10.5 Å². The van der Waals surface area contributed by atoms with Gasteiger partial charge in [-0.15, -0.1) is 11.3 Å². The Morgan fingerprint density at radius 1 is 1.48 bits per heavy atom. The molecule has 7 heteroatoms. The SMILES string of the molecule is COC(=O)c1cc(N)cc(Cl)c1OCCc1scnc1C. The van der Waals surface area contributed by atoms with E-state index in [1.54, 1.807) is 22.9 Å². The molecule has 0 bridgehead atoms. The van der Waals surface area contributed by atoms with E-state index in [-0.39, 0.29) is 10.6 Å². The number of ether oxygens (including phenoxy) is 2. The molecule has 0 spiro atoms. The van der Waals surface area contributed by atoms with E-state index in [4.69, 9.17) is 26.8 Å². The minimum atomic E-state index is -0.534. The van der Waals surface area contributed by atoms with Gasteiger partial charge in [-0.1, -0.05) is 11.6 Å². The normalized spacial score (nSPS) is 10.4. The van der Waals surface area contributed by atoms with Gasteiger partial charge in [-0.25, -0.2) is 9.78 Å². The van der Waals surface area contributed by atoms with Gasteiger partial charge in [0.2, 0.25) is 0 Å². The molecule has 0 amide bonds. The number of carbonyl (C=O) groups excluding carboxylic acids is 1. The number of nitrogens with zero attached hydrogens (tertiary/aromatic N) is 1. The predicted octanol–water partition coefficient (Wildman–Crippen LogP) is 3.10. The van der Waals surface area contributed by atoms with Gasteiger partial charge in [-0.05, 0) is 19.1 Å². The molecule has 2 aromatic rings. The molecule has 2 rings (SSSR count). The molecule has 1 heterocycles. The number of aromatic nitrogens is 1. The molecule has 1 aromatic carbocycles. The van der Waals surface area contributed by atoms with E-state index in [1.807, 2.05) is 6.92 Å². The summed E-state index contributed by atoms with van der Waals surface area (Å²) in [6, 6.07) is 3.03. The molecule has 0 unspecified atom stereocenters. The summed E-state index contributed by atoms with van der Waals surface area (Å²) in [4.78, 5) is 17.1. The van der Waals surface area contributed by atoms with E-state index in [9.17, 15) is 4.79 Å². The van der Waals surface area contributed by atoms with Crippen molar-refractivity contribution in [2.75, 3.05) is 19.5 Å². The van der Waals surface area contributed by atoms with Crippen LogP contribution in [-0.2, 0) is 11.2 Å². The maximum atomic E-state index is 11.8. The molecule has 0 atom stereocenters. The minimum Gasteiger partial charge on any atom is -0.491 e. The van der Waals surface area contributed by atoms with Crippen molar-refractivity contribution >= 4 is 34.6 Å². The van der Waals surface area contributed by atoms with Crippen LogP contribution in [0.3, 0.4) is 0 Å². The quantitative estimate of drug-likeness (QED) is 0.675. The summed E-state index contributed by atoms with van der Waals surface area (Å²) in [6.45, 7) is 2.33. The first-order valence-corrected chi connectivity index (χ1v) is 7.47. The van der Waals surface area contributed by atoms with Gasteiger partial charge in [0.25, 0.3) is 0 Å². The molecule has 0 saturated carbocycles. The van der Waals surface area contributed by atoms with Crippen LogP contribution in [-0.4, -0.2) is 24.7 Å². The van der Waals surface area contributed by atoms with E-state index in [2.05, 4.69) is 4.98 Å². The highest BCUT2D eigenvalue weighted by Crippen LogP contribution is 2.32. The summed E-state index contributed by atoms with van der Waals surface area (Å²) >= 11 is 7.68. The maximum Gasteiger partial charge on any atom is 0.341 e. The number of hydrogen-bond donors (Lipinski definition) is 1. The number of aryl methyl sites for hydroxylation is 1. The topological polar surface area (TPSA) is 74.4 Å². The highest BCUT2D eigenvalue weighted by atomic mass is 35.5. The Labute approximate surface area is 131 Å². The molecule has 112 valence electrons. The Bertz CT molecular complexity index is 658. The van der Waals surface area contributed by atoms with Crippen molar-refractivity contribution in [3.05, 3.63) is 38.8 Å². The standard InChI is InChI=1S/C14H15ClN2O3S/c1-8-12(21-7-17-8)3-4-20-13-10(14(18)19-2)5-9(16)6-11(13)15/h5-7H,3-4,16H2,1-2H3. The first-order chi connectivity index (χ1) is 10.0. The van der Waals surface area contributed by atoms with Crippen LogP contribution in [0.5, 0.6) is 5.75 Å². The summed E-state index contributed by atoms with van der Waals surface area (Å²) in [6.07, 6.45) is 0.692. The van der Waals surface area contributed by atoms with Crippen LogP contribution in [0.1, 0.15) is 20.9 Å². The summed E-state index contributed by atoms with van der Waals surface area (Å²) < 4.78 is 10.4. The molecule has 0 radical (unpaired) electrons. The number of rotatable bonds is 5. The smallest absolute Gasteiger partial charge is 0.341 e. The number of nitrogen functional groups attached to an aromatic ring is 1. The fraction of sp³-hybridized carbons (Fsp3) is 0.286. The lowest BCUT2D eigenvalue weighted by molar-refractivity contribution is 0.0596. The van der Waals surface area contributed by atoms with Crippen LogP contribution >= 0.6 is 22.9 Å². The minimum absolute atomic E-state index is 0.225. The number of carbonyl (C=O) groups is 1. The zero-order valence-corrected chi connectivity index (χ0v) is 13.3. The highest BCUT2D eigenvalue weighted by Gasteiger charge is 2.18. The van der Waals surface area contributed by atoms with Crippen LogP contribution in [0.4, 0.5) is 5.69 Å². The average Bonchev–Trinajstić information content (AvgIpc) is 2.85. The predicted molar refractivity (Wildman–Crippen MR) is 83.3 cm³/mol. The second-order valence-corrected chi connectivity index (χ2v) is 5.68. The van der Waals surface area contributed by atoms with Gasteiger partial charge in [0.1, 0.15) is 5.56 Å². The number of methoxy groups -OCH3 is 1. The lowest BCUT2D eigenvalue weighted by Crippen LogP contribution is -2.09. The summed E-state index contributed by atoms with van der Waals surface area (Å²) in [7, 11) is 1.30. The van der Waals surface area contributed by atoms with E-state index >= 15 is 0 Å². The van der Waals surface area contributed by atoms with Crippen LogP contribution in [0.2, 0.25) is 5.02 Å². The Kier molecular flexibility index (Phi) is 5.03. The highest BCUT2D eigenvalue weighted by molar-refractivity contribution is 7.09. The Balaban J connectivity index is 2.15. The first kappa shape index (κ1) is 15.6. The van der Waals surface area contributed by atoms with Crippen molar-refractivity contribution in [2.24, 2.45) is 0 Å². The number of hydrogen-bond acceptors (Lipinski definition) is 6. The monoisotopic (exact) mass is 326 g/mol. The second-order valence-electron chi connectivity index (χ2n) is 4.33. The summed E-state index contributed by atoms with van der Waals surface area (Å²) in [5, 5.41) is 0.288. The molecule has 0 aliphatic rings. The Hall–Kier alpha value is -1.79. The van der Waals surface area contributed by atoms with Crippen molar-refractivity contribution in [2.45, 2.75) is 13.3 Å². The van der Waals surface area contributed by atoms with E-state index in [0.717, 1.165) is 10.6 Å². The van der Waals surface area contributed by atoms with E-state index in [1.165, 1.54) is 13.2 Å². The third-order valence-electron chi connectivity index (χ3n) is 2.89. The van der Waals surface area contributed by atoms with Gasteiger partial charge < -0.3 is 15.2 Å². The van der Waals surface area contributed by atoms with Crippen LogP contribution in [0.15, 0.2) is 17.6 Å². The zero-order chi connectivity index (χ0) is 15.4. The Morgan fingerprint density at radius 3 is 2.86 bits per heavy atom.